The van der Waals surface area contributed by atoms with Crippen LogP contribution in [0.1, 0.15) is 15.9 Å². The third-order valence-electron chi connectivity index (χ3n) is 4.62. The molecule has 0 aliphatic heterocycles. The number of anilines is 1. The summed E-state index contributed by atoms with van der Waals surface area (Å²) in [5, 5.41) is 14.0. The molecule has 1 N–H and O–H groups in total. The fourth-order valence-corrected chi connectivity index (χ4v) is 3.06. The topological polar surface area (TPSA) is 107 Å². The van der Waals surface area contributed by atoms with Gasteiger partial charge in [0, 0.05) is 23.4 Å². The molecule has 8 heteroatoms. The number of para-hydroxylation sites is 1. The molecular formula is C22H16N4O4. The van der Waals surface area contributed by atoms with Gasteiger partial charge in [-0.1, -0.05) is 30.3 Å². The Morgan fingerprint density at radius 1 is 1.03 bits per heavy atom. The van der Waals surface area contributed by atoms with Gasteiger partial charge in [-0.3, -0.25) is 24.3 Å². The third kappa shape index (κ3) is 3.93. The molecule has 0 radical (unpaired) electrons. The van der Waals surface area contributed by atoms with Gasteiger partial charge in [0.15, 0.2) is 0 Å². The molecule has 0 saturated heterocycles. The largest absolute Gasteiger partial charge is 0.322 e. The van der Waals surface area contributed by atoms with E-state index in [4.69, 9.17) is 0 Å². The van der Waals surface area contributed by atoms with Gasteiger partial charge in [0.25, 0.3) is 17.2 Å². The molecule has 4 rings (SSSR count). The first-order valence-electron chi connectivity index (χ1n) is 9.10. The van der Waals surface area contributed by atoms with Gasteiger partial charge in [0.1, 0.15) is 0 Å². The number of nitro benzene ring substituents is 1. The average Bonchev–Trinajstić information content (AvgIpc) is 2.76. The molecule has 0 bridgehead atoms. The van der Waals surface area contributed by atoms with Crippen molar-refractivity contribution in [1.29, 1.82) is 0 Å². The third-order valence-corrected chi connectivity index (χ3v) is 4.62. The lowest BCUT2D eigenvalue weighted by Crippen LogP contribution is -2.21. The van der Waals surface area contributed by atoms with Gasteiger partial charge in [-0.2, -0.15) is 0 Å². The van der Waals surface area contributed by atoms with Gasteiger partial charge < -0.3 is 5.32 Å². The van der Waals surface area contributed by atoms with E-state index in [9.17, 15) is 19.7 Å². The van der Waals surface area contributed by atoms with Crippen LogP contribution in [0.4, 0.5) is 11.4 Å². The molecule has 3 aromatic carbocycles. The van der Waals surface area contributed by atoms with E-state index in [1.807, 2.05) is 18.2 Å². The summed E-state index contributed by atoms with van der Waals surface area (Å²) in [6.45, 7) is 0.263. The number of aromatic nitrogens is 2. The Hall–Kier alpha value is -4.33. The van der Waals surface area contributed by atoms with Gasteiger partial charge >= 0.3 is 0 Å². The molecule has 148 valence electrons. The maximum absolute atomic E-state index is 12.7. The van der Waals surface area contributed by atoms with E-state index >= 15 is 0 Å². The first kappa shape index (κ1) is 19.0. The second-order valence-corrected chi connectivity index (χ2v) is 6.65. The molecule has 30 heavy (non-hydrogen) atoms. The summed E-state index contributed by atoms with van der Waals surface area (Å²) in [7, 11) is 0. The van der Waals surface area contributed by atoms with E-state index < -0.39 is 4.92 Å². The van der Waals surface area contributed by atoms with E-state index in [1.54, 1.807) is 36.4 Å². The average molecular weight is 400 g/mol. The van der Waals surface area contributed by atoms with E-state index in [0.717, 1.165) is 5.56 Å². The summed E-state index contributed by atoms with van der Waals surface area (Å²) in [6, 6.07) is 20.1. The van der Waals surface area contributed by atoms with Crippen molar-refractivity contribution in [3.8, 4) is 0 Å². The Balaban J connectivity index is 1.53. The minimum Gasteiger partial charge on any atom is -0.322 e. The number of nitrogens with one attached hydrogen (secondary N) is 1. The van der Waals surface area contributed by atoms with Crippen molar-refractivity contribution in [3.05, 3.63) is 111 Å². The van der Waals surface area contributed by atoms with Crippen molar-refractivity contribution < 1.29 is 9.72 Å². The summed E-state index contributed by atoms with van der Waals surface area (Å²) in [5.74, 6) is -0.223. The van der Waals surface area contributed by atoms with Crippen molar-refractivity contribution >= 4 is 28.2 Å². The van der Waals surface area contributed by atoms with Crippen molar-refractivity contribution in [2.24, 2.45) is 0 Å². The van der Waals surface area contributed by atoms with Crippen LogP contribution >= 0.6 is 0 Å². The number of nitrogens with zero attached hydrogens (tertiary/aromatic N) is 3. The second kappa shape index (κ2) is 7.96. The van der Waals surface area contributed by atoms with Crippen LogP contribution < -0.4 is 10.9 Å². The Kier molecular flexibility index (Phi) is 5.04. The highest BCUT2D eigenvalue weighted by Crippen LogP contribution is 2.17. The Labute approximate surface area is 170 Å². The van der Waals surface area contributed by atoms with Crippen LogP contribution in [0.15, 0.2) is 83.9 Å². The molecule has 0 atom stereocenters. The summed E-state index contributed by atoms with van der Waals surface area (Å²) < 4.78 is 1.42. The Bertz CT molecular complexity index is 1300. The van der Waals surface area contributed by atoms with E-state index in [2.05, 4.69) is 10.3 Å². The van der Waals surface area contributed by atoms with Crippen LogP contribution in [0.5, 0.6) is 0 Å². The number of nitro groups is 1. The number of benzene rings is 3. The number of non-ortho nitro benzene ring substituents is 1. The van der Waals surface area contributed by atoms with Crippen LogP contribution in [-0.2, 0) is 6.54 Å². The number of fused-ring (bicyclic) bond motifs is 1. The maximum atomic E-state index is 12.7. The lowest BCUT2D eigenvalue weighted by molar-refractivity contribution is -0.384. The molecule has 0 unspecified atom stereocenters. The molecular weight excluding hydrogens is 384 g/mol. The Morgan fingerprint density at radius 2 is 1.77 bits per heavy atom. The summed E-state index contributed by atoms with van der Waals surface area (Å²) in [5.41, 5.74) is 1.90. The van der Waals surface area contributed by atoms with Crippen molar-refractivity contribution in [2.75, 3.05) is 5.32 Å². The highest BCUT2D eigenvalue weighted by Gasteiger charge is 2.11. The molecule has 0 saturated carbocycles. The standard InChI is InChI=1S/C22H16N4O4/c27-21(24-17-4-2-1-3-5-17)16-8-6-15(7-9-16)13-25-14-23-20-12-18(26(29)30)10-11-19(20)22(25)28/h1-12,14H,13H2,(H,24,27). The van der Waals surface area contributed by atoms with Crippen LogP contribution in [0.2, 0.25) is 0 Å². The molecule has 1 amide bonds. The Morgan fingerprint density at radius 3 is 2.47 bits per heavy atom. The lowest BCUT2D eigenvalue weighted by Gasteiger charge is -2.08. The number of carbonyl (C=O) groups is 1. The number of rotatable bonds is 5. The fourth-order valence-electron chi connectivity index (χ4n) is 3.06. The minimum absolute atomic E-state index is 0.114. The number of amides is 1. The minimum atomic E-state index is -0.526. The first-order chi connectivity index (χ1) is 14.5. The van der Waals surface area contributed by atoms with Gasteiger partial charge in [0.05, 0.1) is 28.7 Å². The van der Waals surface area contributed by atoms with Crippen molar-refractivity contribution in [1.82, 2.24) is 9.55 Å². The lowest BCUT2D eigenvalue weighted by atomic mass is 10.1. The fraction of sp³-hybridized carbons (Fsp3) is 0.0455. The zero-order valence-electron chi connectivity index (χ0n) is 15.7. The SMILES string of the molecule is O=C(Nc1ccccc1)c1ccc(Cn2cnc3cc([N+](=O)[O-])ccc3c2=O)cc1. The van der Waals surface area contributed by atoms with Crippen molar-refractivity contribution in [3.63, 3.8) is 0 Å². The summed E-state index contributed by atoms with van der Waals surface area (Å²) >= 11 is 0. The molecule has 8 nitrogen and oxygen atoms in total. The first-order valence-corrected chi connectivity index (χ1v) is 9.10. The molecule has 0 spiro atoms. The monoisotopic (exact) mass is 400 g/mol. The molecule has 0 aliphatic carbocycles. The number of hydrogen-bond acceptors (Lipinski definition) is 5. The van der Waals surface area contributed by atoms with Gasteiger partial charge in [-0.15, -0.1) is 0 Å². The van der Waals surface area contributed by atoms with Crippen LogP contribution in [0.25, 0.3) is 10.9 Å². The summed E-state index contributed by atoms with van der Waals surface area (Å²) in [4.78, 5) is 39.5. The molecule has 1 aromatic heterocycles. The van der Waals surface area contributed by atoms with E-state index in [0.29, 0.717) is 16.6 Å². The predicted molar refractivity (Wildman–Crippen MR) is 113 cm³/mol. The zero-order chi connectivity index (χ0) is 21.1. The molecule has 1 heterocycles. The van der Waals surface area contributed by atoms with Gasteiger partial charge in [-0.25, -0.2) is 4.98 Å². The van der Waals surface area contributed by atoms with E-state index in [1.165, 1.54) is 29.1 Å². The van der Waals surface area contributed by atoms with Gasteiger partial charge in [0.2, 0.25) is 0 Å². The number of carbonyl (C=O) groups excluding carboxylic acids is 1. The predicted octanol–water partition coefficient (Wildman–Crippen LogP) is 3.61. The van der Waals surface area contributed by atoms with Crippen LogP contribution in [0, 0.1) is 10.1 Å². The molecule has 0 aliphatic rings. The van der Waals surface area contributed by atoms with Crippen LogP contribution in [-0.4, -0.2) is 20.4 Å². The van der Waals surface area contributed by atoms with Crippen molar-refractivity contribution in [2.45, 2.75) is 6.54 Å². The normalized spacial score (nSPS) is 10.7. The molecule has 0 fully saturated rings. The highest BCUT2D eigenvalue weighted by molar-refractivity contribution is 6.04. The zero-order valence-corrected chi connectivity index (χ0v) is 15.7. The highest BCUT2D eigenvalue weighted by atomic mass is 16.6. The maximum Gasteiger partial charge on any atom is 0.271 e. The summed E-state index contributed by atoms with van der Waals surface area (Å²) in [6.07, 6.45) is 1.37. The molecule has 4 aromatic rings. The smallest absolute Gasteiger partial charge is 0.271 e. The second-order valence-electron chi connectivity index (χ2n) is 6.65. The van der Waals surface area contributed by atoms with Gasteiger partial charge in [-0.05, 0) is 35.9 Å². The quantitative estimate of drug-likeness (QED) is 0.407. The van der Waals surface area contributed by atoms with E-state index in [-0.39, 0.29) is 29.2 Å². The van der Waals surface area contributed by atoms with Crippen LogP contribution in [0.3, 0.4) is 0 Å². The number of hydrogen-bond donors (Lipinski definition) is 1.